The van der Waals surface area contributed by atoms with Crippen molar-refractivity contribution in [2.45, 2.75) is 11.1 Å². The van der Waals surface area contributed by atoms with E-state index in [9.17, 15) is 13.2 Å². The summed E-state index contributed by atoms with van der Waals surface area (Å²) in [4.78, 5) is 10.1. The molecule has 0 saturated carbocycles. The lowest BCUT2D eigenvalue weighted by molar-refractivity contribution is -0.137. The third kappa shape index (κ3) is 4.60. The van der Waals surface area contributed by atoms with Crippen molar-refractivity contribution in [1.82, 2.24) is 9.97 Å². The topological polar surface area (TPSA) is 49.8 Å². The fourth-order valence-electron chi connectivity index (χ4n) is 2.66. The predicted molar refractivity (Wildman–Crippen MR) is 110 cm³/mol. The van der Waals surface area contributed by atoms with Crippen molar-refractivity contribution in [3.05, 3.63) is 84.4 Å². The maximum atomic E-state index is 13.0. The van der Waals surface area contributed by atoms with E-state index in [-0.39, 0.29) is 5.69 Å². The third-order valence-electron chi connectivity index (χ3n) is 4.03. The molecular formula is C21H15F3N4S. The van der Waals surface area contributed by atoms with Crippen LogP contribution in [0.3, 0.4) is 0 Å². The Bertz CT molecular complexity index is 1130. The van der Waals surface area contributed by atoms with Crippen LogP contribution in [0.15, 0.2) is 83.8 Å². The number of fused-ring (bicyclic) bond motifs is 1. The molecule has 0 unspecified atom stereocenters. The van der Waals surface area contributed by atoms with Gasteiger partial charge in [-0.3, -0.25) is 0 Å². The van der Waals surface area contributed by atoms with Crippen molar-refractivity contribution in [2.24, 2.45) is 0 Å². The number of para-hydroxylation sites is 2. The van der Waals surface area contributed by atoms with Gasteiger partial charge in [0.25, 0.3) is 0 Å². The molecule has 2 N–H and O–H groups in total. The van der Waals surface area contributed by atoms with Crippen LogP contribution in [0.1, 0.15) is 5.56 Å². The number of halogens is 3. The van der Waals surface area contributed by atoms with Gasteiger partial charge in [0.2, 0.25) is 0 Å². The van der Waals surface area contributed by atoms with E-state index >= 15 is 0 Å². The molecule has 1 heterocycles. The van der Waals surface area contributed by atoms with Gasteiger partial charge in [-0.15, -0.1) is 0 Å². The Hall–Kier alpha value is -3.26. The number of benzene rings is 3. The van der Waals surface area contributed by atoms with E-state index in [2.05, 4.69) is 20.0 Å². The molecule has 1 aromatic heterocycles. The lowest BCUT2D eigenvalue weighted by Crippen LogP contribution is -2.06. The summed E-state index contributed by atoms with van der Waals surface area (Å²) in [5.41, 5.74) is 0.858. The third-order valence-corrected chi connectivity index (χ3v) is 4.84. The van der Waals surface area contributed by atoms with Gasteiger partial charge in [0.05, 0.1) is 16.6 Å². The van der Waals surface area contributed by atoms with Gasteiger partial charge in [0.1, 0.15) is 0 Å². The number of anilines is 3. The maximum absolute atomic E-state index is 13.0. The van der Waals surface area contributed by atoms with Gasteiger partial charge >= 0.3 is 6.18 Å². The molecule has 4 rings (SSSR count). The number of hydrogen-bond donors (Lipinski definition) is 2. The van der Waals surface area contributed by atoms with Gasteiger partial charge in [-0.2, -0.15) is 13.2 Å². The van der Waals surface area contributed by atoms with Crippen molar-refractivity contribution in [3.63, 3.8) is 0 Å². The number of alkyl halides is 3. The van der Waals surface area contributed by atoms with Crippen LogP contribution < -0.4 is 10.0 Å². The Balaban J connectivity index is 1.68. The monoisotopic (exact) mass is 412 g/mol. The highest BCUT2D eigenvalue weighted by Crippen LogP contribution is 2.33. The van der Waals surface area contributed by atoms with Crippen LogP contribution in [0.2, 0.25) is 0 Å². The lowest BCUT2D eigenvalue weighted by atomic mass is 10.2. The molecule has 0 atom stereocenters. The van der Waals surface area contributed by atoms with E-state index in [1.807, 2.05) is 48.5 Å². The SMILES string of the molecule is FC(F)(F)c1cccc(Nc2nc3ccccc3nc2NSc2ccccc2)c1. The second-order valence-corrected chi connectivity index (χ2v) is 7.01. The summed E-state index contributed by atoms with van der Waals surface area (Å²) in [5, 5.41) is 2.96. The summed E-state index contributed by atoms with van der Waals surface area (Å²) in [7, 11) is 0. The molecule has 4 aromatic rings. The van der Waals surface area contributed by atoms with Gasteiger partial charge < -0.3 is 10.0 Å². The van der Waals surface area contributed by atoms with E-state index in [0.717, 1.165) is 17.0 Å². The maximum Gasteiger partial charge on any atom is 0.416 e. The molecule has 0 fully saturated rings. The van der Waals surface area contributed by atoms with Gasteiger partial charge in [0, 0.05) is 10.6 Å². The highest BCUT2D eigenvalue weighted by atomic mass is 32.2. The van der Waals surface area contributed by atoms with Gasteiger partial charge in [-0.05, 0) is 54.4 Å². The van der Waals surface area contributed by atoms with Gasteiger partial charge in [-0.25, -0.2) is 9.97 Å². The average molecular weight is 412 g/mol. The largest absolute Gasteiger partial charge is 0.416 e. The Kier molecular flexibility index (Phi) is 5.26. The van der Waals surface area contributed by atoms with E-state index < -0.39 is 11.7 Å². The molecule has 146 valence electrons. The van der Waals surface area contributed by atoms with E-state index in [1.165, 1.54) is 18.0 Å². The first-order chi connectivity index (χ1) is 14.0. The highest BCUT2D eigenvalue weighted by Gasteiger charge is 2.30. The quantitative estimate of drug-likeness (QED) is 0.366. The predicted octanol–water partition coefficient (Wildman–Crippen LogP) is 6.51. The molecule has 3 aromatic carbocycles. The minimum absolute atomic E-state index is 0.275. The van der Waals surface area contributed by atoms with Crippen molar-refractivity contribution in [3.8, 4) is 0 Å². The molecule has 0 radical (unpaired) electrons. The second-order valence-electron chi connectivity index (χ2n) is 6.13. The first-order valence-corrected chi connectivity index (χ1v) is 9.50. The van der Waals surface area contributed by atoms with Crippen LogP contribution in [0.5, 0.6) is 0 Å². The zero-order chi connectivity index (χ0) is 20.3. The van der Waals surface area contributed by atoms with Crippen LogP contribution in [0.25, 0.3) is 11.0 Å². The average Bonchev–Trinajstić information content (AvgIpc) is 2.72. The smallest absolute Gasteiger partial charge is 0.337 e. The molecule has 29 heavy (non-hydrogen) atoms. The Morgan fingerprint density at radius 3 is 2.07 bits per heavy atom. The van der Waals surface area contributed by atoms with Crippen LogP contribution >= 0.6 is 11.9 Å². The fourth-order valence-corrected chi connectivity index (χ4v) is 3.31. The molecule has 0 saturated heterocycles. The summed E-state index contributed by atoms with van der Waals surface area (Å²) >= 11 is 1.34. The highest BCUT2D eigenvalue weighted by molar-refractivity contribution is 8.00. The summed E-state index contributed by atoms with van der Waals surface area (Å²) < 4.78 is 42.2. The number of hydrogen-bond acceptors (Lipinski definition) is 5. The molecule has 0 aliphatic heterocycles. The molecule has 0 aliphatic rings. The summed E-state index contributed by atoms with van der Waals surface area (Å²) in [6.45, 7) is 0. The van der Waals surface area contributed by atoms with Crippen LogP contribution in [-0.2, 0) is 6.18 Å². The summed E-state index contributed by atoms with van der Waals surface area (Å²) in [5.74, 6) is 0.765. The Morgan fingerprint density at radius 1 is 0.724 bits per heavy atom. The molecule has 0 spiro atoms. The molecule has 0 amide bonds. The summed E-state index contributed by atoms with van der Waals surface area (Å²) in [6.07, 6.45) is -4.42. The molecule has 8 heteroatoms. The zero-order valence-electron chi connectivity index (χ0n) is 14.9. The molecular weight excluding hydrogens is 397 g/mol. The Morgan fingerprint density at radius 2 is 1.38 bits per heavy atom. The van der Waals surface area contributed by atoms with Gasteiger partial charge in [0.15, 0.2) is 11.6 Å². The first-order valence-electron chi connectivity index (χ1n) is 8.68. The van der Waals surface area contributed by atoms with Crippen LogP contribution in [0, 0.1) is 0 Å². The zero-order valence-corrected chi connectivity index (χ0v) is 15.8. The van der Waals surface area contributed by atoms with Gasteiger partial charge in [-0.1, -0.05) is 36.4 Å². The number of rotatable bonds is 5. The number of aromatic nitrogens is 2. The van der Waals surface area contributed by atoms with Crippen molar-refractivity contribution >= 4 is 40.3 Å². The Labute approximate surface area is 169 Å². The second kappa shape index (κ2) is 8.00. The summed E-state index contributed by atoms with van der Waals surface area (Å²) in [6, 6.07) is 21.9. The van der Waals surface area contributed by atoms with Crippen LogP contribution in [-0.4, -0.2) is 9.97 Å². The molecule has 0 aliphatic carbocycles. The number of nitrogens with one attached hydrogen (secondary N) is 2. The van der Waals surface area contributed by atoms with Crippen molar-refractivity contribution < 1.29 is 13.2 Å². The molecule has 0 bridgehead atoms. The lowest BCUT2D eigenvalue weighted by Gasteiger charge is -2.14. The van der Waals surface area contributed by atoms with E-state index in [1.54, 1.807) is 12.1 Å². The van der Waals surface area contributed by atoms with Crippen molar-refractivity contribution in [1.29, 1.82) is 0 Å². The minimum Gasteiger partial charge on any atom is -0.337 e. The minimum atomic E-state index is -4.42. The van der Waals surface area contributed by atoms with Crippen LogP contribution in [0.4, 0.5) is 30.5 Å². The number of nitrogens with zero attached hydrogens (tertiary/aromatic N) is 2. The fraction of sp³-hybridized carbons (Fsp3) is 0.0476. The normalized spacial score (nSPS) is 11.4. The molecule has 4 nitrogen and oxygen atoms in total. The first kappa shape index (κ1) is 19.1. The van der Waals surface area contributed by atoms with Crippen molar-refractivity contribution in [2.75, 3.05) is 10.0 Å². The van der Waals surface area contributed by atoms with E-state index in [0.29, 0.717) is 22.7 Å². The standard InChI is InChI=1S/C21H15F3N4S/c22-21(23,24)14-7-6-8-15(13-14)25-19-20(28-29-16-9-2-1-3-10-16)27-18-12-5-4-11-17(18)26-19/h1-13H,(H,25,26)(H,27,28). The van der Waals surface area contributed by atoms with E-state index in [4.69, 9.17) is 0 Å².